The van der Waals surface area contributed by atoms with Crippen molar-refractivity contribution < 1.29 is 14.3 Å². The molecule has 30 heavy (non-hydrogen) atoms. The van der Waals surface area contributed by atoms with Crippen molar-refractivity contribution in [3.63, 3.8) is 0 Å². The van der Waals surface area contributed by atoms with Crippen LogP contribution in [0.15, 0.2) is 54.7 Å². The Morgan fingerprint density at radius 3 is 2.77 bits per heavy atom. The molecular weight excluding hydrogens is 382 g/mol. The molecular formula is C22H25N5O3. The summed E-state index contributed by atoms with van der Waals surface area (Å²) in [6.07, 6.45) is 1.83. The van der Waals surface area contributed by atoms with Crippen LogP contribution in [0.25, 0.3) is 10.9 Å². The lowest BCUT2D eigenvalue weighted by Crippen LogP contribution is -2.42. The van der Waals surface area contributed by atoms with Crippen LogP contribution in [-0.4, -0.2) is 41.8 Å². The Morgan fingerprint density at radius 2 is 1.97 bits per heavy atom. The van der Waals surface area contributed by atoms with Crippen molar-refractivity contribution in [2.45, 2.75) is 19.4 Å². The first-order valence-corrected chi connectivity index (χ1v) is 9.64. The number of fused-ring (bicyclic) bond motifs is 1. The van der Waals surface area contributed by atoms with Crippen molar-refractivity contribution >= 4 is 28.6 Å². The van der Waals surface area contributed by atoms with E-state index in [1.807, 2.05) is 30.5 Å². The van der Waals surface area contributed by atoms with E-state index in [9.17, 15) is 9.59 Å². The SMILES string of the molecule is CC(Oc1cccc(C(=N)N)c1)C(=O)NCC(=O)NCCc1c[nH]c2ccccc12. The molecule has 2 aromatic carbocycles. The molecule has 0 saturated carbocycles. The Morgan fingerprint density at radius 1 is 1.17 bits per heavy atom. The van der Waals surface area contributed by atoms with Crippen LogP contribution in [0.4, 0.5) is 0 Å². The van der Waals surface area contributed by atoms with Gasteiger partial charge in [0.25, 0.3) is 5.91 Å². The number of nitrogens with two attached hydrogens (primary N) is 1. The molecule has 0 saturated heterocycles. The van der Waals surface area contributed by atoms with Crippen molar-refractivity contribution in [2.24, 2.45) is 5.73 Å². The van der Waals surface area contributed by atoms with E-state index in [1.54, 1.807) is 31.2 Å². The molecule has 3 rings (SSSR count). The molecule has 0 fully saturated rings. The van der Waals surface area contributed by atoms with Gasteiger partial charge < -0.3 is 26.1 Å². The second-order valence-electron chi connectivity index (χ2n) is 6.88. The van der Waals surface area contributed by atoms with Crippen molar-refractivity contribution in [3.8, 4) is 5.75 Å². The van der Waals surface area contributed by atoms with Crippen LogP contribution in [-0.2, 0) is 16.0 Å². The van der Waals surface area contributed by atoms with Crippen LogP contribution in [0.5, 0.6) is 5.75 Å². The van der Waals surface area contributed by atoms with E-state index in [-0.39, 0.29) is 18.3 Å². The maximum Gasteiger partial charge on any atom is 0.261 e. The summed E-state index contributed by atoms with van der Waals surface area (Å²) < 4.78 is 5.57. The number of nitrogen functional groups attached to an aromatic ring is 1. The molecule has 1 unspecified atom stereocenters. The third-order valence-corrected chi connectivity index (χ3v) is 4.64. The molecule has 1 heterocycles. The van der Waals surface area contributed by atoms with Crippen LogP contribution in [0, 0.1) is 5.41 Å². The van der Waals surface area contributed by atoms with Crippen LogP contribution in [0.1, 0.15) is 18.1 Å². The average molecular weight is 407 g/mol. The fourth-order valence-corrected chi connectivity index (χ4v) is 3.04. The molecule has 2 amide bonds. The molecule has 0 radical (unpaired) electrons. The predicted molar refractivity (Wildman–Crippen MR) is 116 cm³/mol. The summed E-state index contributed by atoms with van der Waals surface area (Å²) in [6.45, 7) is 1.93. The van der Waals surface area contributed by atoms with Gasteiger partial charge in [-0.05, 0) is 37.1 Å². The smallest absolute Gasteiger partial charge is 0.261 e. The molecule has 1 aromatic heterocycles. The molecule has 0 aliphatic carbocycles. The number of nitrogens with one attached hydrogen (secondary N) is 4. The normalized spacial score (nSPS) is 11.6. The second-order valence-corrected chi connectivity index (χ2v) is 6.88. The minimum atomic E-state index is -0.800. The molecule has 8 nitrogen and oxygen atoms in total. The van der Waals surface area contributed by atoms with Gasteiger partial charge in [0, 0.05) is 29.2 Å². The van der Waals surface area contributed by atoms with E-state index in [4.69, 9.17) is 15.9 Å². The first kappa shape index (κ1) is 20.9. The second kappa shape index (κ2) is 9.60. The quantitative estimate of drug-likeness (QED) is 0.273. The van der Waals surface area contributed by atoms with Crippen molar-refractivity contribution in [3.05, 3.63) is 65.9 Å². The van der Waals surface area contributed by atoms with Crippen molar-refractivity contribution in [2.75, 3.05) is 13.1 Å². The lowest BCUT2D eigenvalue weighted by Gasteiger charge is -2.15. The van der Waals surface area contributed by atoms with E-state index < -0.39 is 12.0 Å². The van der Waals surface area contributed by atoms with Gasteiger partial charge in [-0.1, -0.05) is 30.3 Å². The molecule has 0 aliphatic heterocycles. The number of aromatic nitrogens is 1. The van der Waals surface area contributed by atoms with Crippen LogP contribution >= 0.6 is 0 Å². The van der Waals surface area contributed by atoms with E-state index in [1.165, 1.54) is 0 Å². The summed E-state index contributed by atoms with van der Waals surface area (Å²) in [7, 11) is 0. The summed E-state index contributed by atoms with van der Waals surface area (Å²) in [5.74, 6) is -0.334. The van der Waals surface area contributed by atoms with E-state index in [2.05, 4.69) is 15.6 Å². The summed E-state index contributed by atoms with van der Waals surface area (Å²) in [5, 5.41) is 14.0. The van der Waals surface area contributed by atoms with Gasteiger partial charge in [-0.2, -0.15) is 0 Å². The number of ether oxygens (including phenoxy) is 1. The van der Waals surface area contributed by atoms with E-state index in [0.717, 1.165) is 16.5 Å². The van der Waals surface area contributed by atoms with Gasteiger partial charge in [-0.15, -0.1) is 0 Å². The first-order valence-electron chi connectivity index (χ1n) is 9.64. The first-order chi connectivity index (χ1) is 14.4. The number of carbonyl (C=O) groups excluding carboxylic acids is 2. The molecule has 156 valence electrons. The number of aromatic amines is 1. The third kappa shape index (κ3) is 5.38. The number of amidine groups is 1. The van der Waals surface area contributed by atoms with Gasteiger partial charge in [0.15, 0.2) is 6.10 Å². The molecule has 1 atom stereocenters. The van der Waals surface area contributed by atoms with Gasteiger partial charge in [-0.25, -0.2) is 0 Å². The molecule has 3 aromatic rings. The third-order valence-electron chi connectivity index (χ3n) is 4.64. The molecule has 0 spiro atoms. The number of rotatable bonds is 9. The number of H-pyrrole nitrogens is 1. The number of para-hydroxylation sites is 1. The zero-order valence-corrected chi connectivity index (χ0v) is 16.7. The number of amides is 2. The molecule has 6 N–H and O–H groups in total. The maximum absolute atomic E-state index is 12.2. The largest absolute Gasteiger partial charge is 0.481 e. The van der Waals surface area contributed by atoms with Gasteiger partial charge in [-0.3, -0.25) is 15.0 Å². The Kier molecular flexibility index (Phi) is 6.69. The molecule has 8 heteroatoms. The number of carbonyl (C=O) groups is 2. The van der Waals surface area contributed by atoms with E-state index >= 15 is 0 Å². The molecule has 0 aliphatic rings. The predicted octanol–water partition coefficient (Wildman–Crippen LogP) is 1.69. The van der Waals surface area contributed by atoms with E-state index in [0.29, 0.717) is 24.3 Å². The number of benzene rings is 2. The van der Waals surface area contributed by atoms with Crippen molar-refractivity contribution in [1.82, 2.24) is 15.6 Å². The minimum absolute atomic E-state index is 0.0816. The highest BCUT2D eigenvalue weighted by Gasteiger charge is 2.16. The van der Waals surface area contributed by atoms with Gasteiger partial charge in [0.05, 0.1) is 6.54 Å². The summed E-state index contributed by atoms with van der Waals surface area (Å²) >= 11 is 0. The lowest BCUT2D eigenvalue weighted by atomic mass is 10.1. The Balaban J connectivity index is 1.41. The number of hydrogen-bond acceptors (Lipinski definition) is 4. The monoisotopic (exact) mass is 407 g/mol. The van der Waals surface area contributed by atoms with Gasteiger partial charge in [0.2, 0.25) is 5.91 Å². The summed E-state index contributed by atoms with van der Waals surface area (Å²) in [4.78, 5) is 27.4. The van der Waals surface area contributed by atoms with Gasteiger partial charge in [0.1, 0.15) is 11.6 Å². The summed E-state index contributed by atoms with van der Waals surface area (Å²) in [5.41, 5.74) is 8.16. The average Bonchev–Trinajstić information content (AvgIpc) is 3.15. The van der Waals surface area contributed by atoms with Crippen LogP contribution in [0.3, 0.4) is 0 Å². The van der Waals surface area contributed by atoms with Crippen LogP contribution < -0.4 is 21.1 Å². The highest BCUT2D eigenvalue weighted by Crippen LogP contribution is 2.17. The Labute approximate surface area is 174 Å². The lowest BCUT2D eigenvalue weighted by molar-refractivity contribution is -0.130. The molecule has 0 bridgehead atoms. The number of hydrogen-bond donors (Lipinski definition) is 5. The summed E-state index contributed by atoms with van der Waals surface area (Å²) in [6, 6.07) is 14.6. The maximum atomic E-state index is 12.2. The Hall–Kier alpha value is -3.81. The zero-order valence-electron chi connectivity index (χ0n) is 16.7. The fraction of sp³-hybridized carbons (Fsp3) is 0.227. The fourth-order valence-electron chi connectivity index (χ4n) is 3.04. The topological polar surface area (TPSA) is 133 Å². The standard InChI is InChI=1S/C22H25N5O3/c1-14(30-17-6-4-5-15(11-17)21(23)24)22(29)27-13-20(28)25-10-9-16-12-26-19-8-3-2-7-18(16)19/h2-8,11-12,14,26H,9-10,13H2,1H3,(H3,23,24)(H,25,28)(H,27,29). The zero-order chi connectivity index (χ0) is 21.5. The van der Waals surface area contributed by atoms with Crippen LogP contribution in [0.2, 0.25) is 0 Å². The highest BCUT2D eigenvalue weighted by molar-refractivity contribution is 5.95. The highest BCUT2D eigenvalue weighted by atomic mass is 16.5. The van der Waals surface area contributed by atoms with Gasteiger partial charge >= 0.3 is 0 Å². The Bertz CT molecular complexity index is 1060. The van der Waals surface area contributed by atoms with Crippen molar-refractivity contribution in [1.29, 1.82) is 5.41 Å². The minimum Gasteiger partial charge on any atom is -0.481 e.